The molecule has 1 aliphatic carbocycles. The Hall–Kier alpha value is -1.83. The first kappa shape index (κ1) is 13.2. The van der Waals surface area contributed by atoms with Crippen LogP contribution < -0.4 is 0 Å². The molecule has 20 heavy (non-hydrogen) atoms. The van der Waals surface area contributed by atoms with Gasteiger partial charge in [0.15, 0.2) is 5.78 Å². The Kier molecular flexibility index (Phi) is 3.04. The van der Waals surface area contributed by atoms with Crippen molar-refractivity contribution < 1.29 is 4.79 Å². The van der Waals surface area contributed by atoms with E-state index in [4.69, 9.17) is 0 Å². The first-order valence-corrected chi connectivity index (χ1v) is 7.33. The van der Waals surface area contributed by atoms with Crippen molar-refractivity contribution in [2.24, 2.45) is 5.41 Å². The van der Waals surface area contributed by atoms with Crippen molar-refractivity contribution in [2.75, 3.05) is 0 Å². The molecule has 2 nitrogen and oxygen atoms in total. The van der Waals surface area contributed by atoms with Crippen LogP contribution >= 0.6 is 0 Å². The summed E-state index contributed by atoms with van der Waals surface area (Å²) in [6.07, 6.45) is 6.53. The molecule has 0 radical (unpaired) electrons. The number of hydrogen-bond donors (Lipinski definition) is 1. The molecule has 1 aromatic carbocycles. The number of rotatable bonds is 2. The Morgan fingerprint density at radius 2 is 2.05 bits per heavy atom. The van der Waals surface area contributed by atoms with Crippen LogP contribution in [0.15, 0.2) is 30.5 Å². The maximum atomic E-state index is 12.0. The van der Waals surface area contributed by atoms with Gasteiger partial charge in [-0.25, -0.2) is 0 Å². The smallest absolute Gasteiger partial charge is 0.156 e. The first-order chi connectivity index (χ1) is 9.50. The second-order valence-electron chi connectivity index (χ2n) is 6.55. The number of benzene rings is 1. The standard InChI is InChI=1S/C18H21NO/c1-4-12-6-5-7-15-16(11-19-17(12)15)13-8-14(20)10-18(2,3)9-13/h5-8,11,19H,4,9-10H2,1-3H3. The van der Waals surface area contributed by atoms with Crippen molar-refractivity contribution in [3.05, 3.63) is 41.6 Å². The van der Waals surface area contributed by atoms with E-state index in [0.717, 1.165) is 12.8 Å². The Morgan fingerprint density at radius 1 is 1.25 bits per heavy atom. The fraction of sp³-hybridized carbons (Fsp3) is 0.389. The molecule has 0 fully saturated rings. The Bertz CT molecular complexity index is 703. The zero-order valence-corrected chi connectivity index (χ0v) is 12.4. The Morgan fingerprint density at radius 3 is 2.75 bits per heavy atom. The molecule has 0 saturated heterocycles. The third kappa shape index (κ3) is 2.20. The van der Waals surface area contributed by atoms with Gasteiger partial charge in [-0.2, -0.15) is 0 Å². The average molecular weight is 267 g/mol. The largest absolute Gasteiger partial charge is 0.360 e. The van der Waals surface area contributed by atoms with Gasteiger partial charge in [0, 0.05) is 29.1 Å². The molecule has 0 aliphatic heterocycles. The number of allylic oxidation sites excluding steroid dienone is 2. The summed E-state index contributed by atoms with van der Waals surface area (Å²) < 4.78 is 0. The van der Waals surface area contributed by atoms with Gasteiger partial charge in [-0.1, -0.05) is 39.0 Å². The molecule has 0 saturated carbocycles. The molecule has 1 heterocycles. The number of ketones is 1. The third-order valence-corrected chi connectivity index (χ3v) is 4.19. The minimum absolute atomic E-state index is 0.0626. The highest BCUT2D eigenvalue weighted by Crippen LogP contribution is 2.40. The van der Waals surface area contributed by atoms with Crippen LogP contribution in [0, 0.1) is 5.41 Å². The molecule has 2 heteroatoms. The highest BCUT2D eigenvalue weighted by Gasteiger charge is 2.28. The number of carbonyl (C=O) groups excluding carboxylic acids is 1. The van der Waals surface area contributed by atoms with Crippen LogP contribution in [-0.4, -0.2) is 10.8 Å². The van der Waals surface area contributed by atoms with Gasteiger partial charge in [0.1, 0.15) is 0 Å². The van der Waals surface area contributed by atoms with Gasteiger partial charge in [0.2, 0.25) is 0 Å². The first-order valence-electron chi connectivity index (χ1n) is 7.33. The van der Waals surface area contributed by atoms with Gasteiger partial charge < -0.3 is 4.98 Å². The number of para-hydroxylation sites is 1. The Balaban J connectivity index is 2.14. The van der Waals surface area contributed by atoms with Gasteiger partial charge >= 0.3 is 0 Å². The van der Waals surface area contributed by atoms with E-state index in [-0.39, 0.29) is 11.2 Å². The van der Waals surface area contributed by atoms with Crippen molar-refractivity contribution in [1.82, 2.24) is 4.98 Å². The van der Waals surface area contributed by atoms with Crippen molar-refractivity contribution in [3.8, 4) is 0 Å². The molecule has 0 atom stereocenters. The molecule has 0 amide bonds. The lowest BCUT2D eigenvalue weighted by Gasteiger charge is -2.28. The van der Waals surface area contributed by atoms with E-state index >= 15 is 0 Å². The predicted octanol–water partition coefficient (Wildman–Crippen LogP) is 4.50. The summed E-state index contributed by atoms with van der Waals surface area (Å²) in [5.41, 5.74) is 4.97. The zero-order valence-electron chi connectivity index (χ0n) is 12.4. The molecular formula is C18H21NO. The Labute approximate surface area is 119 Å². The van der Waals surface area contributed by atoms with Crippen LogP contribution in [-0.2, 0) is 11.2 Å². The number of aromatic amines is 1. The lowest BCUT2D eigenvalue weighted by molar-refractivity contribution is -0.116. The fourth-order valence-electron chi connectivity index (χ4n) is 3.30. The third-order valence-electron chi connectivity index (χ3n) is 4.19. The maximum Gasteiger partial charge on any atom is 0.156 e. The van der Waals surface area contributed by atoms with Crippen molar-refractivity contribution >= 4 is 22.3 Å². The van der Waals surface area contributed by atoms with E-state index < -0.39 is 0 Å². The van der Waals surface area contributed by atoms with Gasteiger partial charge in [-0.15, -0.1) is 0 Å². The van der Waals surface area contributed by atoms with E-state index in [1.54, 1.807) is 0 Å². The van der Waals surface area contributed by atoms with E-state index in [2.05, 4.69) is 50.2 Å². The topological polar surface area (TPSA) is 32.9 Å². The minimum atomic E-state index is 0.0626. The summed E-state index contributed by atoms with van der Waals surface area (Å²) in [4.78, 5) is 15.4. The summed E-state index contributed by atoms with van der Waals surface area (Å²) in [5.74, 6) is 0.247. The van der Waals surface area contributed by atoms with Crippen LogP contribution in [0.3, 0.4) is 0 Å². The number of fused-ring (bicyclic) bond motifs is 1. The zero-order chi connectivity index (χ0) is 14.3. The highest BCUT2D eigenvalue weighted by molar-refractivity contribution is 6.03. The number of hydrogen-bond acceptors (Lipinski definition) is 1. The second kappa shape index (κ2) is 4.62. The molecular weight excluding hydrogens is 246 g/mol. The van der Waals surface area contributed by atoms with Crippen molar-refractivity contribution in [3.63, 3.8) is 0 Å². The monoisotopic (exact) mass is 267 g/mol. The van der Waals surface area contributed by atoms with Gasteiger partial charge in [0.25, 0.3) is 0 Å². The number of H-pyrrole nitrogens is 1. The van der Waals surface area contributed by atoms with Gasteiger partial charge in [0.05, 0.1) is 0 Å². The molecule has 1 aromatic heterocycles. The predicted molar refractivity (Wildman–Crippen MR) is 83.7 cm³/mol. The molecule has 3 rings (SSSR count). The molecule has 2 aromatic rings. The lowest BCUT2D eigenvalue weighted by atomic mass is 9.75. The summed E-state index contributed by atoms with van der Waals surface area (Å²) >= 11 is 0. The van der Waals surface area contributed by atoms with Gasteiger partial charge in [-0.3, -0.25) is 4.79 Å². The summed E-state index contributed by atoms with van der Waals surface area (Å²) in [7, 11) is 0. The number of nitrogens with one attached hydrogen (secondary N) is 1. The number of aromatic nitrogens is 1. The van der Waals surface area contributed by atoms with E-state index in [1.807, 2.05) is 6.08 Å². The van der Waals surface area contributed by atoms with E-state index in [9.17, 15) is 4.79 Å². The van der Waals surface area contributed by atoms with E-state index in [1.165, 1.54) is 27.6 Å². The number of carbonyl (C=O) groups is 1. The van der Waals surface area contributed by atoms with Crippen LogP contribution in [0.5, 0.6) is 0 Å². The fourth-order valence-corrected chi connectivity index (χ4v) is 3.30. The van der Waals surface area contributed by atoms with Crippen LogP contribution in [0.4, 0.5) is 0 Å². The van der Waals surface area contributed by atoms with Crippen LogP contribution in [0.25, 0.3) is 16.5 Å². The highest BCUT2D eigenvalue weighted by atomic mass is 16.1. The van der Waals surface area contributed by atoms with Gasteiger partial charge in [-0.05, 0) is 35.5 Å². The molecule has 1 aliphatic rings. The summed E-state index contributed by atoms with van der Waals surface area (Å²) in [5, 5.41) is 1.24. The maximum absolute atomic E-state index is 12.0. The van der Waals surface area contributed by atoms with E-state index in [0.29, 0.717) is 6.42 Å². The molecule has 0 bridgehead atoms. The SMILES string of the molecule is CCc1cccc2c(C3=CC(=O)CC(C)(C)C3)c[nH]c12. The van der Waals surface area contributed by atoms with Crippen LogP contribution in [0.2, 0.25) is 0 Å². The molecule has 104 valence electrons. The lowest BCUT2D eigenvalue weighted by Crippen LogP contribution is -2.21. The second-order valence-corrected chi connectivity index (χ2v) is 6.55. The van der Waals surface area contributed by atoms with Crippen LogP contribution in [0.1, 0.15) is 44.7 Å². The van der Waals surface area contributed by atoms with Crippen molar-refractivity contribution in [2.45, 2.75) is 40.0 Å². The minimum Gasteiger partial charge on any atom is -0.360 e. The summed E-state index contributed by atoms with van der Waals surface area (Å²) in [6.45, 7) is 6.51. The quantitative estimate of drug-likeness (QED) is 0.853. The summed E-state index contributed by atoms with van der Waals surface area (Å²) in [6, 6.07) is 6.41. The molecule has 0 unspecified atom stereocenters. The average Bonchev–Trinajstić information content (AvgIpc) is 2.79. The molecule has 0 spiro atoms. The normalized spacial score (nSPS) is 18.4. The van der Waals surface area contributed by atoms with Crippen molar-refractivity contribution in [1.29, 1.82) is 0 Å². The molecule has 1 N–H and O–H groups in total. The number of aryl methyl sites for hydroxylation is 1.